The van der Waals surface area contributed by atoms with E-state index in [9.17, 15) is 0 Å². The molecule has 0 aliphatic rings. The molecule has 3 heteroatoms. The van der Waals surface area contributed by atoms with Crippen molar-refractivity contribution in [3.8, 4) is 56.2 Å². The predicted octanol–water partition coefficient (Wildman–Crippen LogP) is 11.7. The standard InChI is InChI=1S/C45H29N3/c1-3-11-30(12-4-1)35-25-36(31-13-5-2-6-14-31)27-37(26-35)45-47-29-46-44(48-45)33-21-19-32(20-22-33)34-23-24-42-40-17-8-7-15-38(40)39-16-9-10-18-41(39)43(42)28-34/h1-29H. The average Bonchev–Trinajstić information content (AvgIpc) is 3.18. The van der Waals surface area contributed by atoms with Crippen molar-refractivity contribution in [3.63, 3.8) is 0 Å². The van der Waals surface area contributed by atoms with Crippen LogP contribution in [0.3, 0.4) is 0 Å². The molecule has 0 aliphatic carbocycles. The Morgan fingerprint density at radius 1 is 0.250 bits per heavy atom. The van der Waals surface area contributed by atoms with Gasteiger partial charge in [-0.2, -0.15) is 0 Å². The Morgan fingerprint density at radius 2 is 0.646 bits per heavy atom. The van der Waals surface area contributed by atoms with E-state index in [1.165, 1.54) is 37.9 Å². The third-order valence-corrected chi connectivity index (χ3v) is 9.20. The number of hydrogen-bond donors (Lipinski definition) is 0. The van der Waals surface area contributed by atoms with Crippen LogP contribution in [-0.4, -0.2) is 15.0 Å². The third kappa shape index (κ3) is 4.99. The van der Waals surface area contributed by atoms with Crippen LogP contribution in [0.15, 0.2) is 176 Å². The molecule has 1 heterocycles. The molecule has 0 saturated carbocycles. The molecule has 0 saturated heterocycles. The minimum atomic E-state index is 0.646. The maximum absolute atomic E-state index is 4.97. The fraction of sp³-hybridized carbons (Fsp3) is 0. The summed E-state index contributed by atoms with van der Waals surface area (Å²) in [4.78, 5) is 14.2. The van der Waals surface area contributed by atoms with Gasteiger partial charge in [0, 0.05) is 11.1 Å². The fourth-order valence-electron chi connectivity index (χ4n) is 6.82. The molecule has 0 aliphatic heterocycles. The van der Waals surface area contributed by atoms with E-state index in [4.69, 9.17) is 4.98 Å². The van der Waals surface area contributed by atoms with Gasteiger partial charge in [0.25, 0.3) is 0 Å². The van der Waals surface area contributed by atoms with Gasteiger partial charge in [0.1, 0.15) is 6.33 Å². The largest absolute Gasteiger partial charge is 0.217 e. The van der Waals surface area contributed by atoms with Gasteiger partial charge in [0.2, 0.25) is 0 Å². The van der Waals surface area contributed by atoms with E-state index in [2.05, 4.69) is 168 Å². The molecule has 0 N–H and O–H groups in total. The lowest BCUT2D eigenvalue weighted by Gasteiger charge is -2.12. The second-order valence-corrected chi connectivity index (χ2v) is 12.1. The van der Waals surface area contributed by atoms with Crippen LogP contribution in [0, 0.1) is 0 Å². The third-order valence-electron chi connectivity index (χ3n) is 9.20. The lowest BCUT2D eigenvalue weighted by Crippen LogP contribution is -1.96. The molecule has 9 rings (SSSR count). The van der Waals surface area contributed by atoms with Crippen molar-refractivity contribution in [1.29, 1.82) is 0 Å². The first-order valence-corrected chi connectivity index (χ1v) is 16.2. The van der Waals surface area contributed by atoms with Crippen molar-refractivity contribution in [2.24, 2.45) is 0 Å². The molecular weight excluding hydrogens is 583 g/mol. The van der Waals surface area contributed by atoms with Crippen molar-refractivity contribution >= 4 is 32.3 Å². The molecule has 8 aromatic carbocycles. The maximum Gasteiger partial charge on any atom is 0.163 e. The van der Waals surface area contributed by atoms with Gasteiger partial charge in [0.15, 0.2) is 11.6 Å². The summed E-state index contributed by atoms with van der Waals surface area (Å²) in [7, 11) is 0. The molecule has 0 spiro atoms. The van der Waals surface area contributed by atoms with Crippen LogP contribution in [0.5, 0.6) is 0 Å². The van der Waals surface area contributed by atoms with E-state index in [1.807, 2.05) is 12.1 Å². The van der Waals surface area contributed by atoms with E-state index < -0.39 is 0 Å². The Bertz CT molecular complexity index is 2500. The van der Waals surface area contributed by atoms with Crippen molar-refractivity contribution in [1.82, 2.24) is 15.0 Å². The number of aromatic nitrogens is 3. The fourth-order valence-corrected chi connectivity index (χ4v) is 6.82. The first-order valence-electron chi connectivity index (χ1n) is 16.2. The lowest BCUT2D eigenvalue weighted by molar-refractivity contribution is 1.07. The van der Waals surface area contributed by atoms with Crippen LogP contribution >= 0.6 is 0 Å². The van der Waals surface area contributed by atoms with Gasteiger partial charge < -0.3 is 0 Å². The number of fused-ring (bicyclic) bond motifs is 6. The summed E-state index contributed by atoms with van der Waals surface area (Å²) in [6.07, 6.45) is 1.61. The van der Waals surface area contributed by atoms with Crippen molar-refractivity contribution in [3.05, 3.63) is 176 Å². The average molecular weight is 612 g/mol. The molecule has 0 fully saturated rings. The Balaban J connectivity index is 1.09. The van der Waals surface area contributed by atoms with Gasteiger partial charge in [-0.1, -0.05) is 146 Å². The first-order chi connectivity index (χ1) is 23.8. The minimum absolute atomic E-state index is 0.646. The molecule has 0 amide bonds. The van der Waals surface area contributed by atoms with Gasteiger partial charge in [-0.3, -0.25) is 0 Å². The second-order valence-electron chi connectivity index (χ2n) is 12.1. The van der Waals surface area contributed by atoms with Crippen molar-refractivity contribution in [2.45, 2.75) is 0 Å². The topological polar surface area (TPSA) is 38.7 Å². The molecule has 3 nitrogen and oxygen atoms in total. The van der Waals surface area contributed by atoms with Gasteiger partial charge in [-0.05, 0) is 90.0 Å². The highest BCUT2D eigenvalue weighted by Crippen LogP contribution is 2.37. The van der Waals surface area contributed by atoms with Crippen molar-refractivity contribution in [2.75, 3.05) is 0 Å². The molecule has 0 radical (unpaired) electrons. The number of hydrogen-bond acceptors (Lipinski definition) is 3. The van der Waals surface area contributed by atoms with Crippen LogP contribution in [-0.2, 0) is 0 Å². The Morgan fingerprint density at radius 3 is 1.21 bits per heavy atom. The molecule has 9 aromatic rings. The zero-order chi connectivity index (χ0) is 31.9. The zero-order valence-electron chi connectivity index (χ0n) is 26.1. The van der Waals surface area contributed by atoms with Crippen molar-refractivity contribution < 1.29 is 0 Å². The smallest absolute Gasteiger partial charge is 0.163 e. The molecule has 1 aromatic heterocycles. The van der Waals surface area contributed by atoms with E-state index in [1.54, 1.807) is 6.33 Å². The van der Waals surface area contributed by atoms with Gasteiger partial charge in [0.05, 0.1) is 0 Å². The minimum Gasteiger partial charge on any atom is -0.217 e. The summed E-state index contributed by atoms with van der Waals surface area (Å²) in [6.45, 7) is 0. The molecule has 0 atom stereocenters. The molecule has 224 valence electrons. The van der Waals surface area contributed by atoms with E-state index >= 15 is 0 Å². The van der Waals surface area contributed by atoms with Crippen LogP contribution in [0.2, 0.25) is 0 Å². The summed E-state index contributed by atoms with van der Waals surface area (Å²) >= 11 is 0. The molecule has 0 bridgehead atoms. The van der Waals surface area contributed by atoms with E-state index in [0.29, 0.717) is 11.6 Å². The Hall–Kier alpha value is -6.45. The summed E-state index contributed by atoms with van der Waals surface area (Å²) in [6, 6.07) is 60.2. The summed E-state index contributed by atoms with van der Waals surface area (Å²) in [5.41, 5.74) is 8.76. The highest BCUT2D eigenvalue weighted by Gasteiger charge is 2.13. The van der Waals surface area contributed by atoms with Crippen LogP contribution < -0.4 is 0 Å². The summed E-state index contributed by atoms with van der Waals surface area (Å²) in [5, 5.41) is 7.66. The lowest BCUT2D eigenvalue weighted by atomic mass is 9.92. The molecule has 48 heavy (non-hydrogen) atoms. The molecular formula is C45H29N3. The zero-order valence-corrected chi connectivity index (χ0v) is 26.1. The number of nitrogens with zero attached hydrogens (tertiary/aromatic N) is 3. The van der Waals surface area contributed by atoms with E-state index in [0.717, 1.165) is 38.9 Å². The quantitative estimate of drug-likeness (QED) is 0.182. The highest BCUT2D eigenvalue weighted by atomic mass is 15.0. The summed E-state index contributed by atoms with van der Waals surface area (Å²) < 4.78 is 0. The van der Waals surface area contributed by atoms with Crippen LogP contribution in [0.1, 0.15) is 0 Å². The first kappa shape index (κ1) is 27.8. The highest BCUT2D eigenvalue weighted by molar-refractivity contribution is 6.25. The normalized spacial score (nSPS) is 11.3. The van der Waals surface area contributed by atoms with E-state index in [-0.39, 0.29) is 0 Å². The van der Waals surface area contributed by atoms with Gasteiger partial charge in [-0.25, -0.2) is 15.0 Å². The number of rotatable bonds is 5. The monoisotopic (exact) mass is 611 g/mol. The predicted molar refractivity (Wildman–Crippen MR) is 200 cm³/mol. The molecule has 0 unspecified atom stereocenters. The Labute approximate surface area is 278 Å². The van der Waals surface area contributed by atoms with Gasteiger partial charge in [-0.15, -0.1) is 0 Å². The second kappa shape index (κ2) is 11.7. The Kier molecular flexibility index (Phi) is 6.80. The number of benzene rings is 8. The summed E-state index contributed by atoms with van der Waals surface area (Å²) in [5.74, 6) is 1.29. The van der Waals surface area contributed by atoms with Gasteiger partial charge >= 0.3 is 0 Å². The maximum atomic E-state index is 4.97. The SMILES string of the molecule is c1ccc(-c2cc(-c3ccccc3)cc(-c3ncnc(-c4ccc(-c5ccc6c7ccccc7c7ccccc7c6c5)cc4)n3)c2)cc1. The van der Waals surface area contributed by atoms with Crippen LogP contribution in [0.4, 0.5) is 0 Å². The van der Waals surface area contributed by atoms with Crippen LogP contribution in [0.25, 0.3) is 88.5 Å².